The average molecular weight is 244 g/mol. The summed E-state index contributed by atoms with van der Waals surface area (Å²) in [5, 5.41) is 13.5. The molecule has 1 heterocycles. The summed E-state index contributed by atoms with van der Waals surface area (Å²) in [4.78, 5) is 11.2. The lowest BCUT2D eigenvalue weighted by Gasteiger charge is -2.14. The number of rotatable bonds is 3. The lowest BCUT2D eigenvalue weighted by molar-refractivity contribution is 0.0695. The van der Waals surface area contributed by atoms with Gasteiger partial charge in [0.2, 0.25) is 0 Å². The molecule has 0 bridgehead atoms. The summed E-state index contributed by atoms with van der Waals surface area (Å²) < 4.78 is 1.77. The summed E-state index contributed by atoms with van der Waals surface area (Å²) in [5.74, 6) is -0.920. The highest BCUT2D eigenvalue weighted by Crippen LogP contribution is 2.22. The molecule has 0 aliphatic carbocycles. The Balaban J connectivity index is 2.47. The molecule has 0 radical (unpaired) electrons. The minimum Gasteiger partial charge on any atom is -0.478 e. The van der Waals surface area contributed by atoms with Gasteiger partial charge in [-0.25, -0.2) is 4.79 Å². The smallest absolute Gasteiger partial charge is 0.339 e. The van der Waals surface area contributed by atoms with Crippen molar-refractivity contribution in [1.29, 1.82) is 0 Å². The van der Waals surface area contributed by atoms with Gasteiger partial charge in [0.15, 0.2) is 0 Å². The molecule has 4 heteroatoms. The van der Waals surface area contributed by atoms with Crippen molar-refractivity contribution in [2.75, 3.05) is 0 Å². The molecular formula is C14H16N2O2. The van der Waals surface area contributed by atoms with Gasteiger partial charge in [0, 0.05) is 0 Å². The van der Waals surface area contributed by atoms with Crippen LogP contribution in [0.25, 0.3) is 0 Å². The first-order valence-electron chi connectivity index (χ1n) is 5.86. The van der Waals surface area contributed by atoms with Crippen LogP contribution >= 0.6 is 0 Å². The molecule has 0 spiro atoms. The molecule has 4 nitrogen and oxygen atoms in total. The number of aromatic carboxylic acids is 1. The Morgan fingerprint density at radius 3 is 2.39 bits per heavy atom. The Hall–Kier alpha value is -2.10. The van der Waals surface area contributed by atoms with Gasteiger partial charge in [0.25, 0.3) is 0 Å². The fourth-order valence-corrected chi connectivity index (χ4v) is 2.22. The number of carbonyl (C=O) groups is 1. The zero-order valence-corrected chi connectivity index (χ0v) is 10.7. The van der Waals surface area contributed by atoms with Crippen LogP contribution < -0.4 is 0 Å². The SMILES string of the molecule is Cc1nn(C(C)c2ccccc2)c(C)c1C(=O)O. The highest BCUT2D eigenvalue weighted by Gasteiger charge is 2.20. The summed E-state index contributed by atoms with van der Waals surface area (Å²) in [6.45, 7) is 5.54. The van der Waals surface area contributed by atoms with Gasteiger partial charge in [-0.15, -0.1) is 0 Å². The molecule has 1 aromatic heterocycles. The van der Waals surface area contributed by atoms with E-state index in [1.54, 1.807) is 18.5 Å². The molecule has 0 saturated carbocycles. The second-order valence-electron chi connectivity index (χ2n) is 4.38. The van der Waals surface area contributed by atoms with Crippen LogP contribution in [0.15, 0.2) is 30.3 Å². The second-order valence-corrected chi connectivity index (χ2v) is 4.38. The molecular weight excluding hydrogens is 228 g/mol. The first-order valence-corrected chi connectivity index (χ1v) is 5.86. The third kappa shape index (κ3) is 2.01. The van der Waals surface area contributed by atoms with Crippen LogP contribution in [0.1, 0.15) is 40.3 Å². The van der Waals surface area contributed by atoms with E-state index in [1.165, 1.54) is 0 Å². The third-order valence-electron chi connectivity index (χ3n) is 3.19. The maximum absolute atomic E-state index is 11.2. The van der Waals surface area contributed by atoms with Crippen LogP contribution in [0.2, 0.25) is 0 Å². The maximum Gasteiger partial charge on any atom is 0.339 e. The lowest BCUT2D eigenvalue weighted by atomic mass is 10.1. The molecule has 18 heavy (non-hydrogen) atoms. The molecule has 0 aliphatic rings. The van der Waals surface area contributed by atoms with E-state index in [9.17, 15) is 4.79 Å². The molecule has 2 aromatic rings. The van der Waals surface area contributed by atoms with Crippen molar-refractivity contribution in [2.45, 2.75) is 26.8 Å². The summed E-state index contributed by atoms with van der Waals surface area (Å²) in [7, 11) is 0. The topological polar surface area (TPSA) is 55.1 Å². The van der Waals surface area contributed by atoms with Crippen LogP contribution in [-0.4, -0.2) is 20.9 Å². The fraction of sp³-hybridized carbons (Fsp3) is 0.286. The first-order chi connectivity index (χ1) is 8.52. The molecule has 1 N–H and O–H groups in total. The molecule has 0 fully saturated rings. The quantitative estimate of drug-likeness (QED) is 0.903. The summed E-state index contributed by atoms with van der Waals surface area (Å²) in [6.07, 6.45) is 0. The van der Waals surface area contributed by atoms with E-state index in [0.717, 1.165) is 5.56 Å². The van der Waals surface area contributed by atoms with Crippen molar-refractivity contribution in [1.82, 2.24) is 9.78 Å². The minimum atomic E-state index is -0.920. The first kappa shape index (κ1) is 12.4. The van der Waals surface area contributed by atoms with Gasteiger partial charge in [-0.2, -0.15) is 5.10 Å². The predicted molar refractivity (Wildman–Crippen MR) is 68.9 cm³/mol. The highest BCUT2D eigenvalue weighted by molar-refractivity contribution is 5.90. The number of hydrogen-bond acceptors (Lipinski definition) is 2. The Labute approximate surface area is 106 Å². The third-order valence-corrected chi connectivity index (χ3v) is 3.19. The summed E-state index contributed by atoms with van der Waals surface area (Å²) >= 11 is 0. The number of nitrogens with zero attached hydrogens (tertiary/aromatic N) is 2. The van der Waals surface area contributed by atoms with Crippen LogP contribution in [0, 0.1) is 13.8 Å². The van der Waals surface area contributed by atoms with Crippen molar-refractivity contribution >= 4 is 5.97 Å². The van der Waals surface area contributed by atoms with Gasteiger partial charge in [-0.3, -0.25) is 4.68 Å². The predicted octanol–water partition coefficient (Wildman–Crippen LogP) is 2.81. The van der Waals surface area contributed by atoms with Crippen LogP contribution in [-0.2, 0) is 0 Å². The standard InChI is InChI=1S/C14H16N2O2/c1-9-13(14(17)18)11(3)16(15-9)10(2)12-7-5-4-6-8-12/h4-8,10H,1-3H3,(H,17,18). The van der Waals surface area contributed by atoms with Gasteiger partial charge < -0.3 is 5.11 Å². The number of carboxylic acid groups (broad SMARTS) is 1. The molecule has 0 aliphatic heterocycles. The number of aryl methyl sites for hydroxylation is 1. The maximum atomic E-state index is 11.2. The number of carboxylic acids is 1. The van der Waals surface area contributed by atoms with Gasteiger partial charge in [-0.1, -0.05) is 30.3 Å². The Kier molecular flexibility index (Phi) is 3.19. The second kappa shape index (κ2) is 4.64. The molecule has 0 saturated heterocycles. The highest BCUT2D eigenvalue weighted by atomic mass is 16.4. The minimum absolute atomic E-state index is 0.0259. The van der Waals surface area contributed by atoms with Crippen molar-refractivity contribution in [3.63, 3.8) is 0 Å². The van der Waals surface area contributed by atoms with Gasteiger partial charge in [-0.05, 0) is 26.3 Å². The molecule has 1 aromatic carbocycles. The van der Waals surface area contributed by atoms with E-state index in [1.807, 2.05) is 37.3 Å². The average Bonchev–Trinajstić information content (AvgIpc) is 2.65. The van der Waals surface area contributed by atoms with Crippen LogP contribution in [0.5, 0.6) is 0 Å². The number of hydrogen-bond donors (Lipinski definition) is 1. The van der Waals surface area contributed by atoms with Crippen molar-refractivity contribution in [3.8, 4) is 0 Å². The van der Waals surface area contributed by atoms with Crippen LogP contribution in [0.4, 0.5) is 0 Å². The number of benzene rings is 1. The van der Waals surface area contributed by atoms with Gasteiger partial charge in [0.1, 0.15) is 5.56 Å². The van der Waals surface area contributed by atoms with Gasteiger partial charge >= 0.3 is 5.97 Å². The summed E-state index contributed by atoms with van der Waals surface area (Å²) in [6, 6.07) is 9.95. The normalized spacial score (nSPS) is 12.4. The molecule has 2 rings (SSSR count). The molecule has 1 atom stereocenters. The van der Waals surface area contributed by atoms with E-state index >= 15 is 0 Å². The zero-order chi connectivity index (χ0) is 13.3. The Bertz CT molecular complexity index is 573. The summed E-state index contributed by atoms with van der Waals surface area (Å²) in [5.41, 5.74) is 2.66. The molecule has 0 amide bonds. The van der Waals surface area contributed by atoms with Crippen molar-refractivity contribution in [3.05, 3.63) is 52.8 Å². The Morgan fingerprint density at radius 1 is 1.28 bits per heavy atom. The van der Waals surface area contributed by atoms with E-state index in [2.05, 4.69) is 5.10 Å². The van der Waals surface area contributed by atoms with Gasteiger partial charge in [0.05, 0.1) is 17.4 Å². The van der Waals surface area contributed by atoms with Crippen molar-refractivity contribution in [2.24, 2.45) is 0 Å². The van der Waals surface area contributed by atoms with E-state index in [0.29, 0.717) is 17.0 Å². The monoisotopic (exact) mass is 244 g/mol. The lowest BCUT2D eigenvalue weighted by Crippen LogP contribution is -2.11. The van der Waals surface area contributed by atoms with E-state index in [4.69, 9.17) is 5.11 Å². The van der Waals surface area contributed by atoms with Crippen molar-refractivity contribution < 1.29 is 9.90 Å². The molecule has 1 unspecified atom stereocenters. The molecule has 94 valence electrons. The zero-order valence-electron chi connectivity index (χ0n) is 10.7. The largest absolute Gasteiger partial charge is 0.478 e. The van der Waals surface area contributed by atoms with Crippen LogP contribution in [0.3, 0.4) is 0 Å². The number of aromatic nitrogens is 2. The Morgan fingerprint density at radius 2 is 1.89 bits per heavy atom. The van der Waals surface area contributed by atoms with E-state index < -0.39 is 5.97 Å². The fourth-order valence-electron chi connectivity index (χ4n) is 2.22. The van der Waals surface area contributed by atoms with E-state index in [-0.39, 0.29) is 6.04 Å².